The summed E-state index contributed by atoms with van der Waals surface area (Å²) in [6.45, 7) is 4.09. The number of aromatic nitrogens is 1. The fourth-order valence-corrected chi connectivity index (χ4v) is 9.64. The molecule has 0 N–H and O–H groups in total. The highest BCUT2D eigenvalue weighted by molar-refractivity contribution is 5.82. The highest BCUT2D eigenvalue weighted by Gasteiger charge is 2.66. The highest BCUT2D eigenvalue weighted by atomic mass is 19.1. The molecule has 2 aromatic rings. The van der Waals surface area contributed by atoms with Gasteiger partial charge in [-0.1, -0.05) is 31.2 Å². The first-order valence-electron chi connectivity index (χ1n) is 14.3. The third kappa shape index (κ3) is 2.89. The van der Waals surface area contributed by atoms with E-state index in [9.17, 15) is 4.39 Å². The number of alkyl halides is 1. The van der Waals surface area contributed by atoms with Crippen molar-refractivity contribution in [2.45, 2.75) is 94.0 Å². The first-order valence-corrected chi connectivity index (χ1v) is 14.3. The number of benzene rings is 1. The third-order valence-corrected chi connectivity index (χ3v) is 11.4. The van der Waals surface area contributed by atoms with Crippen molar-refractivity contribution in [1.82, 2.24) is 9.88 Å². The molecule has 4 unspecified atom stereocenters. The predicted octanol–water partition coefficient (Wildman–Crippen LogP) is 6.89. The molecule has 4 heterocycles. The van der Waals surface area contributed by atoms with Gasteiger partial charge < -0.3 is 4.74 Å². The number of rotatable bonds is 2. The Balaban J connectivity index is 1.14. The number of fused-ring (bicyclic) bond motifs is 2. The molecule has 1 aromatic carbocycles. The molecular weight excluding hydrogens is 447 g/mol. The van der Waals surface area contributed by atoms with Gasteiger partial charge in [0.05, 0.1) is 11.2 Å². The number of likely N-dealkylation sites (tertiary alicyclic amines) is 1. The fraction of sp³-hybridized carbons (Fsp3) is 0.594. The Morgan fingerprint density at radius 2 is 2.03 bits per heavy atom. The first kappa shape index (κ1) is 22.0. The summed E-state index contributed by atoms with van der Waals surface area (Å²) in [6, 6.07) is 9.63. The van der Waals surface area contributed by atoms with Crippen molar-refractivity contribution in [2.24, 2.45) is 11.3 Å². The van der Waals surface area contributed by atoms with E-state index in [2.05, 4.69) is 53.2 Å². The van der Waals surface area contributed by atoms with Crippen molar-refractivity contribution in [2.75, 3.05) is 13.1 Å². The molecule has 4 heteroatoms. The number of hydrogen-bond acceptors (Lipinski definition) is 3. The van der Waals surface area contributed by atoms with Crippen LogP contribution in [0, 0.1) is 11.3 Å². The molecule has 3 nitrogen and oxygen atoms in total. The Hall–Kier alpha value is -2.04. The normalized spacial score (nSPS) is 43.6. The monoisotopic (exact) mass is 484 g/mol. The fourth-order valence-electron chi connectivity index (χ4n) is 9.64. The van der Waals surface area contributed by atoms with Crippen LogP contribution in [0.4, 0.5) is 4.39 Å². The maximum absolute atomic E-state index is 14.0. The van der Waals surface area contributed by atoms with E-state index in [4.69, 9.17) is 4.74 Å². The van der Waals surface area contributed by atoms with Crippen molar-refractivity contribution >= 4 is 10.8 Å². The van der Waals surface area contributed by atoms with Crippen molar-refractivity contribution in [1.29, 1.82) is 0 Å². The lowest BCUT2D eigenvalue weighted by Crippen LogP contribution is -2.55. The molecule has 8 rings (SSSR count). The molecule has 2 saturated carbocycles. The molecule has 3 aliphatic carbocycles. The molecule has 0 radical (unpaired) electrons. The van der Waals surface area contributed by atoms with Gasteiger partial charge >= 0.3 is 0 Å². The SMILES string of the molecule is CC12CC=C3C=C4CCC(N5CCC(F)C5)C[C@]45CC[C@]3(O5)[C@@H]1CCC2c1ccc2ccncc2c1. The molecule has 2 spiro atoms. The van der Waals surface area contributed by atoms with E-state index in [0.29, 0.717) is 30.8 Å². The summed E-state index contributed by atoms with van der Waals surface area (Å²) in [5.74, 6) is 1.11. The van der Waals surface area contributed by atoms with Crippen LogP contribution in [0.5, 0.6) is 0 Å². The second-order valence-corrected chi connectivity index (χ2v) is 13.0. The van der Waals surface area contributed by atoms with Crippen LogP contribution in [0.3, 0.4) is 0 Å². The smallest absolute Gasteiger partial charge is 0.114 e. The Labute approximate surface area is 213 Å². The summed E-state index contributed by atoms with van der Waals surface area (Å²) in [5.41, 5.74) is 4.47. The lowest BCUT2D eigenvalue weighted by atomic mass is 9.58. The van der Waals surface area contributed by atoms with E-state index in [-0.39, 0.29) is 16.6 Å². The zero-order valence-electron chi connectivity index (χ0n) is 21.4. The summed E-state index contributed by atoms with van der Waals surface area (Å²) in [7, 11) is 0. The summed E-state index contributed by atoms with van der Waals surface area (Å²) < 4.78 is 21.5. The zero-order valence-corrected chi connectivity index (χ0v) is 21.4. The number of pyridine rings is 1. The topological polar surface area (TPSA) is 25.4 Å². The van der Waals surface area contributed by atoms with E-state index in [0.717, 1.165) is 45.1 Å². The molecule has 2 saturated heterocycles. The van der Waals surface area contributed by atoms with Crippen LogP contribution in [0.25, 0.3) is 10.8 Å². The van der Waals surface area contributed by atoms with Crippen LogP contribution >= 0.6 is 0 Å². The Morgan fingerprint density at radius 3 is 2.92 bits per heavy atom. The van der Waals surface area contributed by atoms with Crippen LogP contribution in [-0.2, 0) is 4.74 Å². The van der Waals surface area contributed by atoms with Crippen LogP contribution in [-0.4, -0.2) is 46.4 Å². The average Bonchev–Trinajstić information content (AvgIpc) is 3.57. The average molecular weight is 485 g/mol. The van der Waals surface area contributed by atoms with Crippen molar-refractivity contribution in [3.63, 3.8) is 0 Å². The van der Waals surface area contributed by atoms with Gasteiger partial charge in [-0.3, -0.25) is 9.88 Å². The van der Waals surface area contributed by atoms with E-state index < -0.39 is 6.17 Å². The first-order chi connectivity index (χ1) is 17.5. The van der Waals surface area contributed by atoms with Gasteiger partial charge in [-0.15, -0.1) is 0 Å². The summed E-state index contributed by atoms with van der Waals surface area (Å²) in [5, 5.41) is 2.52. The van der Waals surface area contributed by atoms with Crippen LogP contribution in [0.1, 0.15) is 76.2 Å². The summed E-state index contributed by atoms with van der Waals surface area (Å²) >= 11 is 0. The molecule has 6 aliphatic rings. The van der Waals surface area contributed by atoms with Crippen LogP contribution < -0.4 is 0 Å². The van der Waals surface area contributed by atoms with Gasteiger partial charge in [0.1, 0.15) is 6.17 Å². The molecule has 7 atom stereocenters. The quantitative estimate of drug-likeness (QED) is 0.464. The summed E-state index contributed by atoms with van der Waals surface area (Å²) in [6.07, 6.45) is 18.3. The highest BCUT2D eigenvalue weighted by Crippen LogP contribution is 2.69. The van der Waals surface area contributed by atoms with E-state index >= 15 is 0 Å². The maximum Gasteiger partial charge on any atom is 0.114 e. The van der Waals surface area contributed by atoms with E-state index in [1.807, 2.05) is 12.4 Å². The van der Waals surface area contributed by atoms with Gasteiger partial charge in [0, 0.05) is 36.9 Å². The lowest BCUT2D eigenvalue weighted by molar-refractivity contribution is -0.140. The minimum absolute atomic E-state index is 0.111. The maximum atomic E-state index is 14.0. The standard InChI is InChI=1S/C32H37FN2O/c1-30-11-8-25-17-24-4-5-27(35-15-10-26(33)20-35)18-31(24)12-13-32(25,36-31)29(30)7-6-28(30)22-3-2-21-9-14-34-19-23(21)16-22/h2-3,8-9,14,16-17,19,26-29H,4-7,10-13,15,18,20H2,1H3/t26?,27?,28?,29-,30?,31-,32-/m1/s1. The van der Waals surface area contributed by atoms with Gasteiger partial charge in [-0.05, 0) is 109 Å². The number of halogens is 1. The van der Waals surface area contributed by atoms with E-state index in [1.165, 1.54) is 40.3 Å². The minimum atomic E-state index is -0.642. The van der Waals surface area contributed by atoms with Gasteiger partial charge in [0.15, 0.2) is 0 Å². The molecule has 2 bridgehead atoms. The zero-order chi connectivity index (χ0) is 24.1. The van der Waals surface area contributed by atoms with Crippen LogP contribution in [0.15, 0.2) is 60.0 Å². The number of ether oxygens (including phenoxy) is 1. The Morgan fingerprint density at radius 1 is 1.08 bits per heavy atom. The van der Waals surface area contributed by atoms with Gasteiger partial charge in [-0.2, -0.15) is 0 Å². The Kier molecular flexibility index (Phi) is 4.59. The molecule has 4 fully saturated rings. The minimum Gasteiger partial charge on any atom is -0.359 e. The summed E-state index contributed by atoms with van der Waals surface area (Å²) in [4.78, 5) is 6.81. The largest absolute Gasteiger partial charge is 0.359 e. The third-order valence-electron chi connectivity index (χ3n) is 11.4. The van der Waals surface area contributed by atoms with Crippen molar-refractivity contribution < 1.29 is 9.13 Å². The molecular formula is C32H37FN2O. The van der Waals surface area contributed by atoms with Crippen LogP contribution in [0.2, 0.25) is 0 Å². The van der Waals surface area contributed by atoms with Crippen molar-refractivity contribution in [3.05, 3.63) is 65.5 Å². The molecule has 1 aromatic heterocycles. The molecule has 3 aliphatic heterocycles. The second kappa shape index (κ2) is 7.51. The number of allylic oxidation sites excluding steroid dienone is 1. The van der Waals surface area contributed by atoms with Crippen molar-refractivity contribution in [3.8, 4) is 0 Å². The lowest BCUT2D eigenvalue weighted by Gasteiger charge is -2.55. The molecule has 0 amide bonds. The Bertz CT molecular complexity index is 1300. The molecule has 36 heavy (non-hydrogen) atoms. The molecule has 188 valence electrons. The van der Waals surface area contributed by atoms with Gasteiger partial charge in [0.25, 0.3) is 0 Å². The number of nitrogens with zero attached hydrogens (tertiary/aromatic N) is 2. The predicted molar refractivity (Wildman–Crippen MR) is 141 cm³/mol. The van der Waals surface area contributed by atoms with E-state index in [1.54, 1.807) is 0 Å². The second-order valence-electron chi connectivity index (χ2n) is 13.0. The van der Waals surface area contributed by atoms with Gasteiger partial charge in [-0.25, -0.2) is 4.39 Å². The van der Waals surface area contributed by atoms with Gasteiger partial charge in [0.2, 0.25) is 0 Å². The number of hydrogen-bond donors (Lipinski definition) is 0.